The van der Waals surface area contributed by atoms with Gasteiger partial charge in [-0.05, 0) is 48.7 Å². The van der Waals surface area contributed by atoms with Crippen molar-refractivity contribution in [2.24, 2.45) is 5.73 Å². The van der Waals surface area contributed by atoms with Crippen LogP contribution in [0.3, 0.4) is 0 Å². The van der Waals surface area contributed by atoms with Gasteiger partial charge in [-0.3, -0.25) is 4.79 Å². The van der Waals surface area contributed by atoms with Gasteiger partial charge in [0.2, 0.25) is 5.82 Å². The summed E-state index contributed by atoms with van der Waals surface area (Å²) in [5, 5.41) is 7.25. The summed E-state index contributed by atoms with van der Waals surface area (Å²) in [5.74, 6) is 1.45. The number of nitrogens with one attached hydrogen (secondary N) is 1. The smallest absolute Gasteiger partial charge is 0.295 e. The monoisotopic (exact) mass is 379 g/mol. The molecule has 0 unspecified atom stereocenters. The second kappa shape index (κ2) is 8.67. The van der Waals surface area contributed by atoms with Crippen molar-refractivity contribution in [3.63, 3.8) is 0 Å². The Kier molecular flexibility index (Phi) is 6.06. The van der Waals surface area contributed by atoms with E-state index in [4.69, 9.17) is 10.5 Å². The third-order valence-corrected chi connectivity index (χ3v) is 4.26. The molecule has 3 aromatic rings. The average molecular weight is 379 g/mol. The number of ether oxygens (including phenoxy) is 1. The summed E-state index contributed by atoms with van der Waals surface area (Å²) in [7, 11) is 0. The van der Waals surface area contributed by atoms with Crippen LogP contribution in [0.1, 0.15) is 41.8 Å². The molecule has 0 saturated heterocycles. The highest BCUT2D eigenvalue weighted by molar-refractivity contribution is 6.01. The molecule has 0 aliphatic rings. The highest BCUT2D eigenvalue weighted by atomic mass is 16.5. The predicted octanol–water partition coefficient (Wildman–Crippen LogP) is 3.29. The molecule has 0 spiro atoms. The molecule has 28 heavy (non-hydrogen) atoms. The normalized spacial score (nSPS) is 10.9. The molecule has 3 N–H and O–H groups in total. The Bertz CT molecular complexity index is 948. The standard InChI is InChI=1S/C21H25N5O2/c1-14(2)18-6-4-5-7-19(18)26-15(3)23-20(25-26)21(27)24-16-8-10-17(11-9-16)28-13-12-22/h4-11,14H,12-13,22H2,1-3H3,(H,24,27). The van der Waals surface area contributed by atoms with Crippen LogP contribution in [0.25, 0.3) is 5.69 Å². The fourth-order valence-electron chi connectivity index (χ4n) is 2.88. The van der Waals surface area contributed by atoms with E-state index in [9.17, 15) is 4.79 Å². The maximum atomic E-state index is 12.6. The van der Waals surface area contributed by atoms with E-state index in [2.05, 4.69) is 35.3 Å². The van der Waals surface area contributed by atoms with E-state index < -0.39 is 0 Å². The number of amides is 1. The molecule has 0 aliphatic carbocycles. The van der Waals surface area contributed by atoms with Crippen LogP contribution in [0.4, 0.5) is 5.69 Å². The number of nitrogens with zero attached hydrogens (tertiary/aromatic N) is 3. The molecule has 2 aromatic carbocycles. The Balaban J connectivity index is 1.78. The molecular weight excluding hydrogens is 354 g/mol. The average Bonchev–Trinajstić information content (AvgIpc) is 3.09. The third-order valence-electron chi connectivity index (χ3n) is 4.26. The Labute approximate surface area is 164 Å². The van der Waals surface area contributed by atoms with Crippen LogP contribution >= 0.6 is 0 Å². The molecule has 0 atom stereocenters. The van der Waals surface area contributed by atoms with Gasteiger partial charge in [-0.2, -0.15) is 0 Å². The predicted molar refractivity (Wildman–Crippen MR) is 109 cm³/mol. The van der Waals surface area contributed by atoms with Gasteiger partial charge in [0.05, 0.1) is 5.69 Å². The Hall–Kier alpha value is -3.19. The first-order valence-corrected chi connectivity index (χ1v) is 9.27. The largest absolute Gasteiger partial charge is 0.492 e. The van der Waals surface area contributed by atoms with Crippen molar-refractivity contribution in [3.05, 3.63) is 65.7 Å². The van der Waals surface area contributed by atoms with Gasteiger partial charge in [-0.25, -0.2) is 9.67 Å². The Morgan fingerprint density at radius 2 is 1.89 bits per heavy atom. The van der Waals surface area contributed by atoms with Crippen molar-refractivity contribution in [1.29, 1.82) is 0 Å². The molecular formula is C21H25N5O2. The molecule has 1 heterocycles. The van der Waals surface area contributed by atoms with E-state index in [0.29, 0.717) is 36.3 Å². The lowest BCUT2D eigenvalue weighted by Gasteiger charge is -2.12. The van der Waals surface area contributed by atoms with E-state index in [1.165, 1.54) is 0 Å². The zero-order valence-electron chi connectivity index (χ0n) is 16.3. The van der Waals surface area contributed by atoms with Crippen molar-refractivity contribution >= 4 is 11.6 Å². The summed E-state index contributed by atoms with van der Waals surface area (Å²) in [6.07, 6.45) is 0. The first-order valence-electron chi connectivity index (χ1n) is 9.27. The van der Waals surface area contributed by atoms with Crippen LogP contribution in [-0.4, -0.2) is 33.8 Å². The number of aryl methyl sites for hydroxylation is 1. The van der Waals surface area contributed by atoms with Crippen molar-refractivity contribution < 1.29 is 9.53 Å². The minimum atomic E-state index is -0.362. The Morgan fingerprint density at radius 3 is 2.57 bits per heavy atom. The number of hydrogen-bond donors (Lipinski definition) is 2. The summed E-state index contributed by atoms with van der Waals surface area (Å²) >= 11 is 0. The van der Waals surface area contributed by atoms with Gasteiger partial charge in [0, 0.05) is 12.2 Å². The van der Waals surface area contributed by atoms with Crippen LogP contribution in [-0.2, 0) is 0 Å². The first-order chi connectivity index (χ1) is 13.5. The lowest BCUT2D eigenvalue weighted by molar-refractivity contribution is 0.101. The number of nitrogens with two attached hydrogens (primary N) is 1. The van der Waals surface area contributed by atoms with Crippen molar-refractivity contribution in [2.75, 3.05) is 18.5 Å². The fraction of sp³-hybridized carbons (Fsp3) is 0.286. The van der Waals surface area contributed by atoms with E-state index in [1.54, 1.807) is 28.9 Å². The minimum absolute atomic E-state index is 0.125. The molecule has 0 aliphatic heterocycles. The number of carbonyl (C=O) groups is 1. The molecule has 0 bridgehead atoms. The summed E-state index contributed by atoms with van der Waals surface area (Å²) in [4.78, 5) is 16.9. The second-order valence-corrected chi connectivity index (χ2v) is 6.72. The Morgan fingerprint density at radius 1 is 1.18 bits per heavy atom. The third kappa shape index (κ3) is 4.37. The maximum Gasteiger partial charge on any atom is 0.295 e. The number of rotatable bonds is 7. The van der Waals surface area contributed by atoms with Crippen LogP contribution in [0.15, 0.2) is 48.5 Å². The van der Waals surface area contributed by atoms with Crippen LogP contribution in [0, 0.1) is 6.92 Å². The molecule has 0 radical (unpaired) electrons. The van der Waals surface area contributed by atoms with Gasteiger partial charge in [-0.1, -0.05) is 32.0 Å². The van der Waals surface area contributed by atoms with Gasteiger partial charge in [0.15, 0.2) is 0 Å². The zero-order chi connectivity index (χ0) is 20.1. The van der Waals surface area contributed by atoms with Crippen LogP contribution in [0.2, 0.25) is 0 Å². The summed E-state index contributed by atoms with van der Waals surface area (Å²) < 4.78 is 7.15. The fourth-order valence-corrected chi connectivity index (χ4v) is 2.88. The van der Waals surface area contributed by atoms with Gasteiger partial charge < -0.3 is 15.8 Å². The summed E-state index contributed by atoms with van der Waals surface area (Å²) in [5.41, 5.74) is 8.14. The quantitative estimate of drug-likeness (QED) is 0.657. The van der Waals surface area contributed by atoms with Gasteiger partial charge in [0.1, 0.15) is 18.2 Å². The molecule has 7 heteroatoms. The van der Waals surface area contributed by atoms with Crippen molar-refractivity contribution in [2.45, 2.75) is 26.7 Å². The zero-order valence-corrected chi connectivity index (χ0v) is 16.3. The van der Waals surface area contributed by atoms with E-state index in [0.717, 1.165) is 11.3 Å². The van der Waals surface area contributed by atoms with E-state index in [-0.39, 0.29) is 11.7 Å². The molecule has 1 amide bonds. The van der Waals surface area contributed by atoms with E-state index in [1.807, 2.05) is 25.1 Å². The topological polar surface area (TPSA) is 95.1 Å². The van der Waals surface area contributed by atoms with Crippen molar-refractivity contribution in [1.82, 2.24) is 14.8 Å². The number of aromatic nitrogens is 3. The highest BCUT2D eigenvalue weighted by Gasteiger charge is 2.17. The summed E-state index contributed by atoms with van der Waals surface area (Å²) in [6.45, 7) is 6.99. The number of benzene rings is 2. The van der Waals surface area contributed by atoms with Crippen LogP contribution in [0.5, 0.6) is 5.75 Å². The number of anilines is 1. The van der Waals surface area contributed by atoms with Crippen LogP contribution < -0.4 is 15.8 Å². The van der Waals surface area contributed by atoms with Gasteiger partial charge in [-0.15, -0.1) is 5.10 Å². The molecule has 0 saturated carbocycles. The van der Waals surface area contributed by atoms with Gasteiger partial charge in [0.25, 0.3) is 5.91 Å². The molecule has 7 nitrogen and oxygen atoms in total. The number of hydrogen-bond acceptors (Lipinski definition) is 5. The highest BCUT2D eigenvalue weighted by Crippen LogP contribution is 2.23. The molecule has 146 valence electrons. The SMILES string of the molecule is Cc1nc(C(=O)Nc2ccc(OCCN)cc2)nn1-c1ccccc1C(C)C. The summed E-state index contributed by atoms with van der Waals surface area (Å²) in [6, 6.07) is 15.1. The number of carbonyl (C=O) groups excluding carboxylic acids is 1. The van der Waals surface area contributed by atoms with E-state index >= 15 is 0 Å². The second-order valence-electron chi connectivity index (χ2n) is 6.72. The van der Waals surface area contributed by atoms with Gasteiger partial charge >= 0.3 is 0 Å². The molecule has 3 rings (SSSR count). The molecule has 1 aromatic heterocycles. The minimum Gasteiger partial charge on any atom is -0.492 e. The molecule has 0 fully saturated rings. The lowest BCUT2D eigenvalue weighted by Crippen LogP contribution is -2.14. The van der Waals surface area contributed by atoms with Crippen molar-refractivity contribution in [3.8, 4) is 11.4 Å². The number of para-hydroxylation sites is 1. The first kappa shape index (κ1) is 19.6. The lowest BCUT2D eigenvalue weighted by atomic mass is 10.0. The maximum absolute atomic E-state index is 12.6.